The van der Waals surface area contributed by atoms with Gasteiger partial charge in [-0.3, -0.25) is 19.8 Å². The number of fused-ring (bicyclic) bond motifs is 1. The molecule has 0 radical (unpaired) electrons. The van der Waals surface area contributed by atoms with Crippen LogP contribution in [0.4, 0.5) is 10.1 Å². The van der Waals surface area contributed by atoms with Gasteiger partial charge in [-0.1, -0.05) is 34.8 Å². The van der Waals surface area contributed by atoms with Gasteiger partial charge in [0.2, 0.25) is 0 Å². The number of benzene rings is 1. The van der Waals surface area contributed by atoms with Gasteiger partial charge in [0.05, 0.1) is 15.1 Å². The van der Waals surface area contributed by atoms with Gasteiger partial charge in [0.15, 0.2) is 5.13 Å². The third-order valence-corrected chi connectivity index (χ3v) is 6.32. The number of anilines is 1. The van der Waals surface area contributed by atoms with Crippen LogP contribution in [0.1, 0.15) is 16.9 Å². The van der Waals surface area contributed by atoms with E-state index in [0.717, 1.165) is 40.1 Å². The second kappa shape index (κ2) is 9.25. The number of hydrogen-bond acceptors (Lipinski definition) is 7. The van der Waals surface area contributed by atoms with Gasteiger partial charge in [-0.15, -0.1) is 0 Å². The molecule has 3 aromatic rings. The monoisotopic (exact) mass is 430 g/mol. The van der Waals surface area contributed by atoms with Crippen molar-refractivity contribution in [3.05, 3.63) is 57.0 Å². The number of amides is 1. The fraction of sp³-hybridized carbons (Fsp3) is 0.300. The van der Waals surface area contributed by atoms with Gasteiger partial charge in [-0.25, -0.2) is 4.98 Å². The van der Waals surface area contributed by atoms with Crippen molar-refractivity contribution in [3.8, 4) is 0 Å². The Kier molecular flexibility index (Phi) is 6.73. The molecule has 0 fully saturated rings. The molecule has 152 valence electrons. The number of aryl methyl sites for hydroxylation is 1. The minimum atomic E-state index is -0.430. The van der Waals surface area contributed by atoms with Gasteiger partial charge in [0.25, 0.3) is 5.91 Å². The van der Waals surface area contributed by atoms with E-state index in [0.29, 0.717) is 16.6 Å². The molecule has 0 bridgehead atoms. The number of nitro groups is 1. The normalized spacial score (nSPS) is 11.6. The number of carbonyl (C=O) groups is 1. The molecular weight excluding hydrogens is 408 g/mol. The average Bonchev–Trinajstić information content (AvgIpc) is 3.31. The summed E-state index contributed by atoms with van der Waals surface area (Å²) in [6.07, 6.45) is 3.90. The molecule has 0 N–H and O–H groups in total. The molecule has 9 heteroatoms. The largest absolute Gasteiger partial charge is 0.324 e. The summed E-state index contributed by atoms with van der Waals surface area (Å²) in [5, 5.41) is 11.6. The van der Waals surface area contributed by atoms with Gasteiger partial charge < -0.3 is 4.90 Å². The lowest BCUT2D eigenvalue weighted by molar-refractivity contribution is -0.380. The molecule has 1 amide bonds. The van der Waals surface area contributed by atoms with Crippen LogP contribution in [0.15, 0.2) is 36.4 Å². The Bertz CT molecular complexity index is 1060. The predicted octanol–water partition coefficient (Wildman–Crippen LogP) is 4.57. The second-order valence-electron chi connectivity index (χ2n) is 6.83. The lowest BCUT2D eigenvalue weighted by Gasteiger charge is -2.19. The molecule has 2 heterocycles. The molecule has 0 atom stereocenters. The van der Waals surface area contributed by atoms with E-state index in [1.807, 2.05) is 39.2 Å². The van der Waals surface area contributed by atoms with Crippen LogP contribution in [0, 0.1) is 17.0 Å². The number of hydrogen-bond donors (Lipinski definition) is 0. The number of thiophene rings is 1. The van der Waals surface area contributed by atoms with Crippen molar-refractivity contribution >= 4 is 55.0 Å². The first kappa shape index (κ1) is 21.1. The van der Waals surface area contributed by atoms with Crippen LogP contribution in [-0.2, 0) is 4.79 Å². The summed E-state index contributed by atoms with van der Waals surface area (Å²) in [5.41, 5.74) is 1.99. The fourth-order valence-corrected chi connectivity index (χ4v) is 4.61. The highest BCUT2D eigenvalue weighted by Crippen LogP contribution is 2.31. The second-order valence-corrected chi connectivity index (χ2v) is 8.93. The van der Waals surface area contributed by atoms with Crippen LogP contribution in [-0.4, -0.2) is 47.9 Å². The zero-order chi connectivity index (χ0) is 21.0. The van der Waals surface area contributed by atoms with Gasteiger partial charge >= 0.3 is 5.00 Å². The Labute approximate surface area is 177 Å². The minimum absolute atomic E-state index is 0.0570. The molecule has 3 rings (SSSR count). The SMILES string of the molecule is Cc1cccc2sc(N(CCCN(C)C)C(=O)/C=C/c3ccc([N+](=O)[O-])s3)nc12. The summed E-state index contributed by atoms with van der Waals surface area (Å²) in [5.74, 6) is -0.184. The van der Waals surface area contributed by atoms with Gasteiger partial charge in [-0.05, 0) is 57.8 Å². The number of rotatable bonds is 8. The summed E-state index contributed by atoms with van der Waals surface area (Å²) in [4.78, 5) is 32.5. The summed E-state index contributed by atoms with van der Waals surface area (Å²) in [6.45, 7) is 3.41. The predicted molar refractivity (Wildman–Crippen MR) is 120 cm³/mol. The molecule has 7 nitrogen and oxygen atoms in total. The third-order valence-electron chi connectivity index (χ3n) is 4.28. The van der Waals surface area contributed by atoms with E-state index >= 15 is 0 Å². The average molecular weight is 431 g/mol. The Hall–Kier alpha value is -2.62. The highest BCUT2D eigenvalue weighted by atomic mass is 32.1. The molecule has 0 aliphatic heterocycles. The van der Waals surface area contributed by atoms with E-state index in [9.17, 15) is 14.9 Å². The number of thiazole rings is 1. The molecule has 29 heavy (non-hydrogen) atoms. The summed E-state index contributed by atoms with van der Waals surface area (Å²) in [6, 6.07) is 9.09. The number of aromatic nitrogens is 1. The molecule has 0 spiro atoms. The minimum Gasteiger partial charge on any atom is -0.309 e. The number of para-hydroxylation sites is 1. The molecule has 0 saturated carbocycles. The Balaban J connectivity index is 1.84. The Morgan fingerprint density at radius 2 is 2.00 bits per heavy atom. The van der Waals surface area contributed by atoms with Crippen LogP contribution in [0.2, 0.25) is 0 Å². The standard InChI is InChI=1S/C20H22N4O3S2/c1-14-6-4-7-16-19(14)21-20(29-16)23(13-5-12-22(2)3)17(25)10-8-15-9-11-18(28-15)24(26)27/h4,6-11H,5,12-13H2,1-3H3/b10-8+. The van der Waals surface area contributed by atoms with Crippen LogP contribution in [0.25, 0.3) is 16.3 Å². The Morgan fingerprint density at radius 3 is 2.66 bits per heavy atom. The van der Waals surface area contributed by atoms with Crippen LogP contribution < -0.4 is 4.90 Å². The van der Waals surface area contributed by atoms with E-state index in [-0.39, 0.29) is 10.9 Å². The summed E-state index contributed by atoms with van der Waals surface area (Å²) < 4.78 is 1.04. The number of nitrogens with zero attached hydrogens (tertiary/aromatic N) is 4. The van der Waals surface area contributed by atoms with Gasteiger partial charge in [0.1, 0.15) is 0 Å². The van der Waals surface area contributed by atoms with Crippen LogP contribution in [0.5, 0.6) is 0 Å². The highest BCUT2D eigenvalue weighted by molar-refractivity contribution is 7.22. The maximum Gasteiger partial charge on any atom is 0.324 e. The van der Waals surface area contributed by atoms with Crippen molar-refractivity contribution in [2.45, 2.75) is 13.3 Å². The van der Waals surface area contributed by atoms with E-state index in [2.05, 4.69) is 4.90 Å². The van der Waals surface area contributed by atoms with Crippen LogP contribution in [0.3, 0.4) is 0 Å². The Morgan fingerprint density at radius 1 is 1.21 bits per heavy atom. The third kappa shape index (κ3) is 5.26. The molecular formula is C20H22N4O3S2. The molecule has 0 aliphatic rings. The smallest absolute Gasteiger partial charge is 0.309 e. The van der Waals surface area contributed by atoms with Crippen molar-refractivity contribution in [2.75, 3.05) is 32.1 Å². The summed E-state index contributed by atoms with van der Waals surface area (Å²) in [7, 11) is 3.99. The van der Waals surface area contributed by atoms with Crippen molar-refractivity contribution in [3.63, 3.8) is 0 Å². The summed E-state index contributed by atoms with van der Waals surface area (Å²) >= 11 is 2.54. The zero-order valence-corrected chi connectivity index (χ0v) is 18.1. The van der Waals surface area contributed by atoms with Crippen molar-refractivity contribution in [1.82, 2.24) is 9.88 Å². The van der Waals surface area contributed by atoms with Crippen LogP contribution >= 0.6 is 22.7 Å². The maximum absolute atomic E-state index is 13.0. The lowest BCUT2D eigenvalue weighted by atomic mass is 10.2. The topological polar surface area (TPSA) is 79.6 Å². The highest BCUT2D eigenvalue weighted by Gasteiger charge is 2.18. The van der Waals surface area contributed by atoms with E-state index in [4.69, 9.17) is 4.98 Å². The molecule has 2 aromatic heterocycles. The van der Waals surface area contributed by atoms with Crippen molar-refractivity contribution < 1.29 is 9.72 Å². The first-order chi connectivity index (χ1) is 13.8. The molecule has 0 unspecified atom stereocenters. The van der Waals surface area contributed by atoms with E-state index in [1.165, 1.54) is 23.5 Å². The lowest BCUT2D eigenvalue weighted by Crippen LogP contribution is -2.32. The van der Waals surface area contributed by atoms with E-state index < -0.39 is 4.92 Å². The molecule has 0 saturated heterocycles. The fourth-order valence-electron chi connectivity index (χ4n) is 2.81. The number of carbonyl (C=O) groups excluding carboxylic acids is 1. The first-order valence-corrected chi connectivity index (χ1v) is 10.7. The zero-order valence-electron chi connectivity index (χ0n) is 16.5. The van der Waals surface area contributed by atoms with E-state index in [1.54, 1.807) is 17.0 Å². The quantitative estimate of drug-likeness (QED) is 0.297. The first-order valence-electron chi connectivity index (χ1n) is 9.10. The van der Waals surface area contributed by atoms with Crippen molar-refractivity contribution in [2.24, 2.45) is 0 Å². The maximum atomic E-state index is 13.0. The van der Waals surface area contributed by atoms with Gasteiger partial charge in [0, 0.05) is 23.6 Å². The van der Waals surface area contributed by atoms with Gasteiger partial charge in [-0.2, -0.15) is 0 Å². The molecule has 0 aliphatic carbocycles. The van der Waals surface area contributed by atoms with Crippen molar-refractivity contribution in [1.29, 1.82) is 0 Å². The molecule has 1 aromatic carbocycles.